The van der Waals surface area contributed by atoms with Gasteiger partial charge in [-0.05, 0) is 170 Å². The van der Waals surface area contributed by atoms with Crippen molar-refractivity contribution < 1.29 is 140 Å². The third-order valence-electron chi connectivity index (χ3n) is 25.7. The Morgan fingerprint density at radius 1 is 0.734 bits per heavy atom. The van der Waals surface area contributed by atoms with Gasteiger partial charge in [-0.25, -0.2) is 9.59 Å². The van der Waals surface area contributed by atoms with Crippen LogP contribution in [-0.2, 0) is 92.4 Å². The highest BCUT2D eigenvalue weighted by Gasteiger charge is 2.53. The lowest BCUT2D eigenvalue weighted by molar-refractivity contribution is -0.337. The molecule has 38 nitrogen and oxygen atoms in total. The molecule has 42 heteroatoms. The van der Waals surface area contributed by atoms with Crippen molar-refractivity contribution in [3.8, 4) is 40.9 Å². The molecule has 0 aromatic heterocycles. The number of nitrogens with one attached hydrogen (secondary N) is 6. The Morgan fingerprint density at radius 2 is 1.41 bits per heavy atom. The van der Waals surface area contributed by atoms with Crippen LogP contribution in [-0.4, -0.2) is 309 Å². The minimum absolute atomic E-state index is 0.00294. The lowest BCUT2D eigenvalue weighted by Crippen LogP contribution is -2.65. The van der Waals surface area contributed by atoms with Crippen LogP contribution in [0, 0.1) is 51.9 Å². The molecule has 22 atom stereocenters. The van der Waals surface area contributed by atoms with Crippen LogP contribution in [0.5, 0.6) is 17.2 Å². The first-order valence-corrected chi connectivity index (χ1v) is 53.6. The van der Waals surface area contributed by atoms with Crippen molar-refractivity contribution in [1.29, 1.82) is 0 Å². The van der Waals surface area contributed by atoms with Crippen LogP contribution in [0.1, 0.15) is 212 Å². The fraction of sp³-hybridized carbons (Fsp3) is 0.683. The summed E-state index contributed by atoms with van der Waals surface area (Å²) in [5.74, 6) is 7.75. The van der Waals surface area contributed by atoms with Gasteiger partial charge in [-0.15, -0.1) is 0 Å². The van der Waals surface area contributed by atoms with Crippen LogP contribution >= 0.6 is 55.9 Å². The van der Waals surface area contributed by atoms with E-state index in [0.29, 0.717) is 90.8 Å². The first-order chi connectivity index (χ1) is 68.3. The number of aliphatic hydroxyl groups excluding tert-OH is 4. The largest absolute Gasteiger partial charge is 0.492 e. The number of primary amides is 1. The molecule has 5 amide bonds. The summed E-state index contributed by atoms with van der Waals surface area (Å²) in [6.07, 6.45) is -5.18. The molecule has 0 radical (unpaired) electrons. The molecule has 0 saturated carbocycles. The van der Waals surface area contributed by atoms with Crippen molar-refractivity contribution >= 4 is 120 Å². The van der Waals surface area contributed by atoms with Gasteiger partial charge < -0.3 is 130 Å². The van der Waals surface area contributed by atoms with E-state index in [-0.39, 0.29) is 126 Å². The molecule has 798 valence electrons. The number of thioether (sulfide) groups is 1. The van der Waals surface area contributed by atoms with Crippen molar-refractivity contribution in [2.24, 2.45) is 29.2 Å². The van der Waals surface area contributed by atoms with E-state index < -0.39 is 187 Å². The van der Waals surface area contributed by atoms with Crippen LogP contribution in [0.3, 0.4) is 0 Å². The summed E-state index contributed by atoms with van der Waals surface area (Å²) in [6.45, 7) is 20.8. The van der Waals surface area contributed by atoms with Gasteiger partial charge in [0.2, 0.25) is 29.0 Å². The summed E-state index contributed by atoms with van der Waals surface area (Å²) in [5, 5.41) is 72.6. The first-order valence-electron chi connectivity index (χ1n) is 49.3. The number of methoxy groups -OCH3 is 5. The number of hydrogen-bond donors (Lipinski definition) is 13. The summed E-state index contributed by atoms with van der Waals surface area (Å²) >= 11 is 2.80. The van der Waals surface area contributed by atoms with E-state index in [1.807, 2.05) is 48.3 Å². The summed E-state index contributed by atoms with van der Waals surface area (Å²) in [6, 6.07) is 3.51. The summed E-state index contributed by atoms with van der Waals surface area (Å²) in [4.78, 5) is 142. The summed E-state index contributed by atoms with van der Waals surface area (Å²) < 4.78 is 79.8. The number of amides is 5. The highest BCUT2D eigenvalue weighted by atomic mass is 127. The first kappa shape index (κ1) is 121. The zero-order valence-electron chi connectivity index (χ0n) is 84.8. The predicted octanol–water partition coefficient (Wildman–Crippen LogP) is 8.71. The number of esters is 1. The van der Waals surface area contributed by atoms with Crippen molar-refractivity contribution in [1.82, 2.24) is 31.6 Å². The number of ketones is 4. The van der Waals surface area contributed by atoms with Gasteiger partial charge in [-0.2, -0.15) is 5.48 Å². The second kappa shape index (κ2) is 61.5. The SMILES string of the molecule is CCN(CC(=O)CCCCCCCCCNCCCNC(=O)OCc1ccc(NC(=O)[C@H](CCCNC(N)=O)CC(=O)[C@@H](NC(=O)[C@H](CCCCN)CC(C)=O)C(C)C)cc1)[C@H]1CO[C@@H](O[C@H]2[C@H](O[C@H]3C#C/C=C\C#C[C@]4(O)CC(=O)C(CC(=O)OC)=C3/C4=C\CSSC(C)C)O[C@H](C)[C@@H](NO[C@H]3C[C@H](O)[C@H](SC(=O)c4c(C)c(I)c(O[C@@H]5O[C@@H](C)[C@H](O)[C@@H](OC)[C@H]5O)c(OC)c4OC)[C@@H](C)O3)[C@@H]2O)C[C@@H]1OC. The minimum atomic E-state index is -2.08. The van der Waals surface area contributed by atoms with E-state index in [0.717, 1.165) is 63.3 Å². The number of urea groups is 1. The average molecular weight is 2180 g/mol. The van der Waals surface area contributed by atoms with Crippen molar-refractivity contribution in [2.75, 3.05) is 99.0 Å². The second-order valence-electron chi connectivity index (χ2n) is 37.2. The number of hydrogen-bond acceptors (Lipinski definition) is 36. The standard InChI is InChI=1S/C101H150IN9O29S3/c1-16-111(54-68(113)34-24-20-18-17-19-23-29-43-105-44-31-46-107-100(125)133-55-64-36-38-67(39-37-64)108-94(121)66(33-30-45-106-99(104)124)49-72(114)83(57(2)3)109-95(122)65(48-59(6)112)32-26-28-42-103)71-56-132-78(52-76(71)127-11)138-91-86(119)84(61(8)135-98(91)137-75-35-25-21-22-27-41-101(126)53-74(116)69(50-77(117)128-12)81(75)70(101)40-47-141-143-58(4)5)110-140-79-51-73(115)93(63(10)134-79)142-96(123)80-60(7)82(102)89(92(131-15)88(80)129-13)139-97-87(120)90(130-14)85(118)62(9)136-97/h21-22,36-40,57-58,61-63,65-66,71,73,75-76,78-79,83-87,90-91,93,97-98,105,110,115,118-120,126H,16-20,23-24,26,28-34,42-56,103H2,1-15H3,(H,107,125)(H,108,121)(H,109,122)(H3,104,106,124)/b22-21-,70-40+/t61-,62+,63-,65-,66-,71+,73+,75+,76+,78+,79+,83+,84-,85+,86+,87-,90-,91-,93-,97+,98+,101+/m1/s1. The molecule has 2 bridgehead atoms. The molecule has 2 aromatic rings. The maximum atomic E-state index is 14.7. The lowest BCUT2D eigenvalue weighted by Gasteiger charge is -2.47. The molecule has 6 aliphatic rings. The van der Waals surface area contributed by atoms with Gasteiger partial charge in [0.15, 0.2) is 47.5 Å². The fourth-order valence-electron chi connectivity index (χ4n) is 17.9. The van der Waals surface area contributed by atoms with Crippen LogP contribution in [0.25, 0.3) is 0 Å². The number of Topliss-reactive ketones (excluding diaryl/α,β-unsaturated/α-hetero) is 4. The van der Waals surface area contributed by atoms with Gasteiger partial charge >= 0.3 is 18.1 Å². The molecule has 0 spiro atoms. The van der Waals surface area contributed by atoms with E-state index in [1.54, 1.807) is 89.8 Å². The van der Waals surface area contributed by atoms with E-state index >= 15 is 0 Å². The number of likely N-dealkylation sites (N-methyl/N-ethyl adjacent to an activating group) is 1. The third-order valence-corrected chi connectivity index (χ3v) is 31.2. The lowest BCUT2D eigenvalue weighted by atomic mass is 9.72. The number of halogens is 1. The zero-order chi connectivity index (χ0) is 105. The van der Waals surface area contributed by atoms with Gasteiger partial charge in [0.05, 0.1) is 110 Å². The molecule has 0 unspecified atom stereocenters. The molecule has 4 heterocycles. The number of allylic oxidation sites excluding steroid dienone is 2. The number of nitrogens with two attached hydrogens (primary N) is 2. The average Bonchev–Trinajstić information content (AvgIpc) is 0.750. The highest BCUT2D eigenvalue weighted by Crippen LogP contribution is 2.50. The molecular formula is C101H150IN9O29S3. The topological polar surface area (TPSA) is 529 Å². The van der Waals surface area contributed by atoms with Gasteiger partial charge in [0.1, 0.15) is 54.8 Å². The number of anilines is 1. The fourth-order valence-corrected chi connectivity index (χ4v) is 21.5. The van der Waals surface area contributed by atoms with E-state index in [2.05, 4.69) is 55.7 Å². The van der Waals surface area contributed by atoms with Crippen molar-refractivity contribution in [3.05, 3.63) is 79.5 Å². The molecule has 4 saturated heterocycles. The Kier molecular flexibility index (Phi) is 51.9. The molecule has 4 aliphatic heterocycles. The Bertz CT molecular complexity index is 4730. The Labute approximate surface area is 865 Å². The number of hydroxylamine groups is 1. The molecule has 8 rings (SSSR count). The molecule has 4 fully saturated rings. The number of rotatable bonds is 59. The second-order valence-corrected chi connectivity index (χ2v) is 42.4. The number of benzene rings is 2. The third kappa shape index (κ3) is 36.5. The van der Waals surface area contributed by atoms with Crippen LogP contribution in [0.4, 0.5) is 15.3 Å². The number of unbranched alkanes of at least 4 members (excludes halogenated alkanes) is 7. The number of ether oxygens (including phenoxy) is 13. The van der Waals surface area contributed by atoms with Gasteiger partial charge in [0.25, 0.3) is 0 Å². The number of carbonyl (C=O) groups is 10. The van der Waals surface area contributed by atoms with Gasteiger partial charge in [0, 0.05) is 105 Å². The maximum absolute atomic E-state index is 14.7. The van der Waals surface area contributed by atoms with Crippen LogP contribution < -0.4 is 57.7 Å². The summed E-state index contributed by atoms with van der Waals surface area (Å²) in [5.41, 5.74) is 13.6. The number of alkyl carbamates (subject to hydrolysis) is 1. The minimum Gasteiger partial charge on any atom is -0.492 e. The molecule has 15 N–H and O–H groups in total. The van der Waals surface area contributed by atoms with Gasteiger partial charge in [-0.3, -0.25) is 43.3 Å². The smallest absolute Gasteiger partial charge is 0.407 e. The summed E-state index contributed by atoms with van der Waals surface area (Å²) in [7, 11) is 9.89. The van der Waals surface area contributed by atoms with E-state index in [1.165, 1.54) is 58.3 Å². The molecular weight excluding hydrogens is 2030 g/mol. The van der Waals surface area contributed by atoms with Crippen molar-refractivity contribution in [3.63, 3.8) is 0 Å². The number of carbonyl (C=O) groups excluding carboxylic acids is 10. The monoisotopic (exact) mass is 2180 g/mol. The molecule has 2 aliphatic carbocycles. The van der Waals surface area contributed by atoms with Crippen LogP contribution in [0.2, 0.25) is 0 Å². The van der Waals surface area contributed by atoms with Crippen molar-refractivity contribution in [2.45, 2.75) is 331 Å². The van der Waals surface area contributed by atoms with E-state index in [9.17, 15) is 73.5 Å². The predicted molar refractivity (Wildman–Crippen MR) is 547 cm³/mol. The number of nitrogens with zero attached hydrogens (tertiary/aromatic N) is 1. The van der Waals surface area contributed by atoms with Gasteiger partial charge in [-0.1, -0.05) is 148 Å². The Morgan fingerprint density at radius 3 is 2.07 bits per heavy atom. The Balaban J connectivity index is 0.814. The normalized spacial score (nSPS) is 26.5. The highest BCUT2D eigenvalue weighted by molar-refractivity contribution is 14.1. The number of aliphatic hydroxyl groups is 5. The zero-order valence-corrected chi connectivity index (χ0v) is 89.4. The van der Waals surface area contributed by atoms with Crippen LogP contribution in [0.15, 0.2) is 59.2 Å². The molecule has 2 aromatic carbocycles. The maximum Gasteiger partial charge on any atom is 0.407 e. The number of fused-ring (bicyclic) bond motifs is 2. The Hall–Kier alpha value is -7.46. The quantitative estimate of drug-likeness (QED) is 0.00735. The van der Waals surface area contributed by atoms with E-state index in [4.69, 9.17) is 77.9 Å². The molecule has 143 heavy (non-hydrogen) atoms.